The zero-order valence-corrected chi connectivity index (χ0v) is 17.6. The van der Waals surface area contributed by atoms with E-state index in [1.54, 1.807) is 0 Å². The van der Waals surface area contributed by atoms with Crippen molar-refractivity contribution in [3.63, 3.8) is 0 Å². The van der Waals surface area contributed by atoms with Crippen molar-refractivity contribution in [2.24, 2.45) is 0 Å². The van der Waals surface area contributed by atoms with Crippen LogP contribution in [0.1, 0.15) is 29.9 Å². The molecule has 4 rings (SSSR count). The average Bonchev–Trinajstić information content (AvgIpc) is 3.34. The molecule has 7 heteroatoms. The van der Waals surface area contributed by atoms with E-state index in [-0.39, 0.29) is 12.1 Å². The summed E-state index contributed by atoms with van der Waals surface area (Å²) in [6, 6.07) is 16.2. The smallest absolute Gasteiger partial charge is 0.170 e. The number of nitrogens with zero attached hydrogens (tertiary/aromatic N) is 5. The summed E-state index contributed by atoms with van der Waals surface area (Å²) in [5.74, 6) is 0.901. The van der Waals surface area contributed by atoms with E-state index in [1.165, 1.54) is 0 Å². The number of hydrogen-bond donors (Lipinski definition) is 1. The highest BCUT2D eigenvalue weighted by Crippen LogP contribution is 2.39. The summed E-state index contributed by atoms with van der Waals surface area (Å²) in [6.07, 6.45) is 6.75. The molecule has 0 bridgehead atoms. The molecule has 0 aromatic carbocycles. The van der Waals surface area contributed by atoms with Gasteiger partial charge in [0, 0.05) is 30.8 Å². The Morgan fingerprint density at radius 3 is 2.52 bits per heavy atom. The summed E-state index contributed by atoms with van der Waals surface area (Å²) < 4.78 is 2.15. The molecule has 1 aliphatic heterocycles. The maximum absolute atomic E-state index is 5.76. The van der Waals surface area contributed by atoms with Crippen LogP contribution in [0.4, 0.5) is 0 Å². The topological polar surface area (TPSA) is 49.2 Å². The van der Waals surface area contributed by atoms with Crippen LogP contribution in [-0.4, -0.2) is 56.6 Å². The van der Waals surface area contributed by atoms with Crippen molar-refractivity contribution in [1.82, 2.24) is 29.7 Å². The maximum Gasteiger partial charge on any atom is 0.170 e. The molecule has 0 radical (unpaired) electrons. The largest absolute Gasteiger partial charge is 0.352 e. The fourth-order valence-corrected chi connectivity index (χ4v) is 4.20. The fourth-order valence-electron chi connectivity index (χ4n) is 3.87. The van der Waals surface area contributed by atoms with Gasteiger partial charge in [0.05, 0.1) is 17.8 Å². The van der Waals surface area contributed by atoms with Crippen LogP contribution in [0.5, 0.6) is 0 Å². The van der Waals surface area contributed by atoms with Gasteiger partial charge in [-0.05, 0) is 75.7 Å². The summed E-state index contributed by atoms with van der Waals surface area (Å²) >= 11 is 5.76. The Morgan fingerprint density at radius 2 is 1.83 bits per heavy atom. The first-order valence-electron chi connectivity index (χ1n) is 9.86. The molecule has 6 nitrogen and oxygen atoms in total. The van der Waals surface area contributed by atoms with Gasteiger partial charge in [0.25, 0.3) is 0 Å². The van der Waals surface area contributed by atoms with Crippen molar-refractivity contribution in [3.8, 4) is 5.82 Å². The summed E-state index contributed by atoms with van der Waals surface area (Å²) in [6.45, 7) is 1.90. The molecule has 0 saturated carbocycles. The van der Waals surface area contributed by atoms with Gasteiger partial charge in [-0.1, -0.05) is 12.1 Å². The van der Waals surface area contributed by atoms with Crippen molar-refractivity contribution in [2.75, 3.05) is 27.2 Å². The molecular weight excluding hydrogens is 380 g/mol. The van der Waals surface area contributed by atoms with Crippen LogP contribution < -0.4 is 5.32 Å². The molecular formula is C22H26N6S. The molecule has 4 heterocycles. The van der Waals surface area contributed by atoms with Crippen LogP contribution in [-0.2, 0) is 0 Å². The van der Waals surface area contributed by atoms with E-state index in [9.17, 15) is 0 Å². The third-order valence-electron chi connectivity index (χ3n) is 5.18. The Kier molecular flexibility index (Phi) is 5.87. The van der Waals surface area contributed by atoms with Crippen molar-refractivity contribution in [1.29, 1.82) is 0 Å². The van der Waals surface area contributed by atoms with Crippen LogP contribution in [0.2, 0.25) is 0 Å². The number of pyridine rings is 2. The Bertz CT molecular complexity index is 940. The van der Waals surface area contributed by atoms with Crippen LogP contribution in [0.25, 0.3) is 5.82 Å². The molecule has 1 saturated heterocycles. The normalized spacial score (nSPS) is 19.0. The van der Waals surface area contributed by atoms with E-state index in [1.807, 2.05) is 42.7 Å². The molecule has 1 fully saturated rings. The van der Waals surface area contributed by atoms with E-state index < -0.39 is 0 Å². The van der Waals surface area contributed by atoms with E-state index in [4.69, 9.17) is 12.2 Å². The second-order valence-corrected chi connectivity index (χ2v) is 7.85. The van der Waals surface area contributed by atoms with Crippen molar-refractivity contribution >= 4 is 17.3 Å². The maximum atomic E-state index is 5.76. The standard InChI is InChI=1S/C22H26N6S/c1-26(2)14-8-16-28-21(20(25-22(28)29)17-9-3-5-12-23-17)18-10-7-15-27(18)19-11-4-6-13-24-19/h3-7,9-13,15,20-21H,8,14,16H2,1-2H3,(H,25,29)/t20-,21-/m0/s1. The summed E-state index contributed by atoms with van der Waals surface area (Å²) in [7, 11) is 4.20. The number of aromatic nitrogens is 3. The van der Waals surface area contributed by atoms with Gasteiger partial charge in [0.15, 0.2) is 5.11 Å². The Hall–Kier alpha value is -2.77. The average molecular weight is 407 g/mol. The molecule has 29 heavy (non-hydrogen) atoms. The third-order valence-corrected chi connectivity index (χ3v) is 5.53. The monoisotopic (exact) mass is 406 g/mol. The number of nitrogens with one attached hydrogen (secondary N) is 1. The fraction of sp³-hybridized carbons (Fsp3) is 0.318. The number of hydrogen-bond acceptors (Lipinski definition) is 4. The zero-order chi connectivity index (χ0) is 20.2. The van der Waals surface area contributed by atoms with Crippen molar-refractivity contribution in [2.45, 2.75) is 18.5 Å². The van der Waals surface area contributed by atoms with E-state index in [0.29, 0.717) is 0 Å². The highest BCUT2D eigenvalue weighted by molar-refractivity contribution is 7.80. The van der Waals surface area contributed by atoms with E-state index >= 15 is 0 Å². The number of rotatable bonds is 7. The first kappa shape index (κ1) is 19.5. The SMILES string of the molecule is CN(C)CCCN1C(=S)N[C@@H](c2ccccn2)[C@@H]1c1cccn1-c1ccccn1. The van der Waals surface area contributed by atoms with Crippen LogP contribution in [0, 0.1) is 0 Å². The van der Waals surface area contributed by atoms with Gasteiger partial charge in [-0.3, -0.25) is 4.98 Å². The first-order chi connectivity index (χ1) is 14.1. The first-order valence-corrected chi connectivity index (χ1v) is 10.3. The minimum Gasteiger partial charge on any atom is -0.352 e. The highest BCUT2D eigenvalue weighted by Gasteiger charge is 2.41. The van der Waals surface area contributed by atoms with Gasteiger partial charge in [-0.15, -0.1) is 0 Å². The molecule has 0 aliphatic carbocycles. The third kappa shape index (κ3) is 4.16. The summed E-state index contributed by atoms with van der Waals surface area (Å²) in [5.41, 5.74) is 2.14. The van der Waals surface area contributed by atoms with Crippen LogP contribution in [0.3, 0.4) is 0 Å². The van der Waals surface area contributed by atoms with Gasteiger partial charge < -0.3 is 19.7 Å². The minimum atomic E-state index is -0.0135. The lowest BCUT2D eigenvalue weighted by atomic mass is 10.0. The number of thiocarbonyl (C=S) groups is 1. The second-order valence-electron chi connectivity index (χ2n) is 7.47. The Morgan fingerprint density at radius 1 is 1.03 bits per heavy atom. The van der Waals surface area contributed by atoms with E-state index in [0.717, 1.165) is 41.8 Å². The minimum absolute atomic E-state index is 0.0135. The van der Waals surface area contributed by atoms with Gasteiger partial charge in [0.2, 0.25) is 0 Å². The highest BCUT2D eigenvalue weighted by atomic mass is 32.1. The lowest BCUT2D eigenvalue weighted by molar-refractivity contribution is 0.286. The molecule has 1 N–H and O–H groups in total. The molecule has 0 amide bonds. The molecule has 2 atom stereocenters. The predicted molar refractivity (Wildman–Crippen MR) is 119 cm³/mol. The zero-order valence-electron chi connectivity index (χ0n) is 16.8. The summed E-state index contributed by atoms with van der Waals surface area (Å²) in [4.78, 5) is 13.7. The quantitative estimate of drug-likeness (QED) is 0.608. The van der Waals surface area contributed by atoms with Crippen molar-refractivity contribution < 1.29 is 0 Å². The van der Waals surface area contributed by atoms with Crippen LogP contribution in [0.15, 0.2) is 67.1 Å². The molecule has 0 unspecified atom stereocenters. The lowest BCUT2D eigenvalue weighted by Crippen LogP contribution is -2.33. The Balaban J connectivity index is 1.72. The second kappa shape index (κ2) is 8.71. The van der Waals surface area contributed by atoms with Gasteiger partial charge in [-0.25, -0.2) is 4.98 Å². The van der Waals surface area contributed by atoms with Gasteiger partial charge >= 0.3 is 0 Å². The molecule has 3 aromatic heterocycles. The predicted octanol–water partition coefficient (Wildman–Crippen LogP) is 3.19. The molecule has 0 spiro atoms. The molecule has 1 aliphatic rings. The summed E-state index contributed by atoms with van der Waals surface area (Å²) in [5, 5.41) is 4.30. The van der Waals surface area contributed by atoms with E-state index in [2.05, 4.69) is 68.1 Å². The van der Waals surface area contributed by atoms with Gasteiger partial charge in [0.1, 0.15) is 5.82 Å². The van der Waals surface area contributed by atoms with Gasteiger partial charge in [-0.2, -0.15) is 0 Å². The molecule has 150 valence electrons. The molecule has 3 aromatic rings. The van der Waals surface area contributed by atoms with Crippen molar-refractivity contribution in [3.05, 3.63) is 78.5 Å². The Labute approximate surface area is 177 Å². The lowest BCUT2D eigenvalue weighted by Gasteiger charge is -2.29. The van der Waals surface area contributed by atoms with Crippen LogP contribution >= 0.6 is 12.2 Å².